The van der Waals surface area contributed by atoms with Gasteiger partial charge in [-0.05, 0) is 38.0 Å². The van der Waals surface area contributed by atoms with Gasteiger partial charge in [0.2, 0.25) is 0 Å². The molecular formula is C20H23F2N2O2+. The van der Waals surface area contributed by atoms with Crippen LogP contribution in [-0.2, 0) is 16.0 Å². The lowest BCUT2D eigenvalue weighted by atomic mass is 10.0. The van der Waals surface area contributed by atoms with Crippen molar-refractivity contribution in [2.24, 2.45) is 0 Å². The number of carbonyl (C=O) groups excluding carboxylic acids is 2. The topological polar surface area (TPSA) is 62.8 Å². The molecule has 0 fully saturated rings. The van der Waals surface area contributed by atoms with Gasteiger partial charge >= 0.3 is 0 Å². The minimum atomic E-state index is -0.639. The van der Waals surface area contributed by atoms with Crippen molar-refractivity contribution >= 4 is 11.7 Å². The fourth-order valence-corrected chi connectivity index (χ4v) is 2.68. The monoisotopic (exact) mass is 361 g/mol. The number of amides is 1. The van der Waals surface area contributed by atoms with Crippen molar-refractivity contribution in [1.82, 2.24) is 5.32 Å². The van der Waals surface area contributed by atoms with E-state index in [4.69, 9.17) is 0 Å². The van der Waals surface area contributed by atoms with Gasteiger partial charge in [0, 0.05) is 11.6 Å². The summed E-state index contributed by atoms with van der Waals surface area (Å²) in [6.07, 6.45) is 0.421. The van der Waals surface area contributed by atoms with E-state index >= 15 is 0 Å². The number of carbonyl (C=O) groups is 2. The van der Waals surface area contributed by atoms with Gasteiger partial charge in [-0.3, -0.25) is 9.59 Å². The number of Topliss-reactive ketones (excluding diaryl/α,β-unsaturated/α-hetero) is 1. The van der Waals surface area contributed by atoms with E-state index < -0.39 is 17.7 Å². The Morgan fingerprint density at radius 2 is 1.81 bits per heavy atom. The van der Waals surface area contributed by atoms with E-state index in [0.717, 1.165) is 11.6 Å². The number of nitrogens with two attached hydrogens (primary N) is 1. The van der Waals surface area contributed by atoms with E-state index in [0.29, 0.717) is 12.0 Å². The molecule has 0 aliphatic carbocycles. The second-order valence-corrected chi connectivity index (χ2v) is 6.31. The van der Waals surface area contributed by atoms with Crippen LogP contribution in [0.5, 0.6) is 0 Å². The average molecular weight is 361 g/mol. The van der Waals surface area contributed by atoms with Gasteiger partial charge in [-0.1, -0.05) is 30.3 Å². The Bertz CT molecular complexity index is 766. The van der Waals surface area contributed by atoms with Gasteiger partial charge in [0.05, 0.1) is 6.04 Å². The highest BCUT2D eigenvalue weighted by atomic mass is 19.1. The minimum absolute atomic E-state index is 0.0382. The molecule has 0 heterocycles. The van der Waals surface area contributed by atoms with E-state index in [1.165, 1.54) is 19.1 Å². The highest BCUT2D eigenvalue weighted by Crippen LogP contribution is 2.14. The van der Waals surface area contributed by atoms with Crippen LogP contribution in [0.4, 0.5) is 8.78 Å². The molecule has 0 aliphatic heterocycles. The molecule has 138 valence electrons. The normalized spacial score (nSPS) is 13.1. The molecule has 0 bridgehead atoms. The lowest BCUT2D eigenvalue weighted by molar-refractivity contribution is -0.682. The smallest absolute Gasteiger partial charge is 0.275 e. The summed E-state index contributed by atoms with van der Waals surface area (Å²) in [5.74, 6) is -1.71. The second kappa shape index (κ2) is 9.20. The van der Waals surface area contributed by atoms with Gasteiger partial charge in [-0.2, -0.15) is 0 Å². The van der Waals surface area contributed by atoms with Crippen LogP contribution in [0.1, 0.15) is 31.0 Å². The Labute approximate surface area is 151 Å². The molecule has 6 heteroatoms. The maximum Gasteiger partial charge on any atom is 0.275 e. The molecule has 2 rings (SSSR count). The number of ketones is 1. The summed E-state index contributed by atoms with van der Waals surface area (Å²) in [5.41, 5.74) is 1.28. The first-order valence-corrected chi connectivity index (χ1v) is 8.49. The number of halogens is 2. The average Bonchev–Trinajstić information content (AvgIpc) is 2.60. The minimum Gasteiger partial charge on any atom is -0.341 e. The third-order valence-electron chi connectivity index (χ3n) is 4.22. The molecule has 0 aromatic heterocycles. The summed E-state index contributed by atoms with van der Waals surface area (Å²) < 4.78 is 26.8. The summed E-state index contributed by atoms with van der Waals surface area (Å²) >= 11 is 0. The van der Waals surface area contributed by atoms with Crippen molar-refractivity contribution in [2.45, 2.75) is 32.4 Å². The standard InChI is InChI=1S/C20H22F2N2O2/c1-13(17-9-8-16(21)11-18(17)22)23-12-20(26)24-19(14(2)25)10-15-6-4-3-5-7-15/h3-9,11,13,19,23H,10,12H2,1-2H3,(H,24,26)/p+1/t13-,19-/m0/s1. The third kappa shape index (κ3) is 5.74. The molecule has 4 nitrogen and oxygen atoms in total. The van der Waals surface area contributed by atoms with Crippen LogP contribution < -0.4 is 10.6 Å². The maximum absolute atomic E-state index is 13.8. The molecule has 0 unspecified atom stereocenters. The summed E-state index contributed by atoms with van der Waals surface area (Å²) in [7, 11) is 0. The Morgan fingerprint density at radius 3 is 2.42 bits per heavy atom. The van der Waals surface area contributed by atoms with Gasteiger partial charge in [-0.25, -0.2) is 8.78 Å². The second-order valence-electron chi connectivity index (χ2n) is 6.31. The Kier molecular flexibility index (Phi) is 6.97. The van der Waals surface area contributed by atoms with E-state index in [1.807, 2.05) is 30.3 Å². The molecule has 0 radical (unpaired) electrons. The number of rotatable bonds is 8. The molecule has 2 aromatic carbocycles. The predicted octanol–water partition coefficient (Wildman–Crippen LogP) is 1.91. The number of hydrogen-bond donors (Lipinski definition) is 2. The van der Waals surface area contributed by atoms with Crippen LogP contribution in [0.3, 0.4) is 0 Å². The molecule has 0 saturated heterocycles. The van der Waals surface area contributed by atoms with Gasteiger partial charge in [0.25, 0.3) is 5.91 Å². The first kappa shape index (κ1) is 19.7. The van der Waals surface area contributed by atoms with E-state index in [1.54, 1.807) is 12.2 Å². The molecule has 0 spiro atoms. The van der Waals surface area contributed by atoms with Crippen LogP contribution in [0.2, 0.25) is 0 Å². The fourth-order valence-electron chi connectivity index (χ4n) is 2.68. The van der Waals surface area contributed by atoms with Crippen molar-refractivity contribution < 1.29 is 23.7 Å². The molecular weight excluding hydrogens is 338 g/mol. The molecule has 3 N–H and O–H groups in total. The zero-order chi connectivity index (χ0) is 19.1. The first-order chi connectivity index (χ1) is 12.4. The quantitative estimate of drug-likeness (QED) is 0.754. The van der Waals surface area contributed by atoms with Gasteiger partial charge in [-0.15, -0.1) is 0 Å². The zero-order valence-corrected chi connectivity index (χ0v) is 14.8. The van der Waals surface area contributed by atoms with E-state index in [9.17, 15) is 18.4 Å². The van der Waals surface area contributed by atoms with Crippen molar-refractivity contribution in [3.8, 4) is 0 Å². The van der Waals surface area contributed by atoms with Crippen LogP contribution in [0.15, 0.2) is 48.5 Å². The summed E-state index contributed by atoms with van der Waals surface area (Å²) in [6.45, 7) is 3.21. The number of benzene rings is 2. The van der Waals surface area contributed by atoms with Gasteiger partial charge in [0.1, 0.15) is 17.7 Å². The van der Waals surface area contributed by atoms with Crippen molar-refractivity contribution in [3.63, 3.8) is 0 Å². The molecule has 2 aromatic rings. The summed E-state index contributed by atoms with van der Waals surface area (Å²) in [4.78, 5) is 24.0. The largest absolute Gasteiger partial charge is 0.341 e. The highest BCUT2D eigenvalue weighted by Gasteiger charge is 2.20. The van der Waals surface area contributed by atoms with Gasteiger partial charge in [0.15, 0.2) is 12.3 Å². The predicted molar refractivity (Wildman–Crippen MR) is 94.3 cm³/mol. The van der Waals surface area contributed by atoms with Crippen LogP contribution in [0, 0.1) is 11.6 Å². The van der Waals surface area contributed by atoms with Crippen LogP contribution in [0.25, 0.3) is 0 Å². The lowest BCUT2D eigenvalue weighted by Crippen LogP contribution is -2.87. The Balaban J connectivity index is 1.90. The Hall–Kier alpha value is -2.60. The number of hydrogen-bond acceptors (Lipinski definition) is 2. The maximum atomic E-state index is 13.8. The van der Waals surface area contributed by atoms with Crippen molar-refractivity contribution in [1.29, 1.82) is 0 Å². The zero-order valence-electron chi connectivity index (χ0n) is 14.8. The molecule has 0 aliphatic rings. The highest BCUT2D eigenvalue weighted by molar-refractivity contribution is 5.88. The van der Waals surface area contributed by atoms with E-state index in [-0.39, 0.29) is 24.3 Å². The SMILES string of the molecule is CC(=O)[C@H](Cc1ccccc1)NC(=O)C[NH2+][C@@H](C)c1ccc(F)cc1F. The summed E-state index contributed by atoms with van der Waals surface area (Å²) in [6, 6.07) is 11.9. The Morgan fingerprint density at radius 1 is 1.12 bits per heavy atom. The van der Waals surface area contributed by atoms with Crippen molar-refractivity contribution in [2.75, 3.05) is 6.54 Å². The summed E-state index contributed by atoms with van der Waals surface area (Å²) in [5, 5.41) is 4.37. The van der Waals surface area contributed by atoms with Gasteiger partial charge < -0.3 is 10.6 Å². The van der Waals surface area contributed by atoms with Crippen LogP contribution in [-0.4, -0.2) is 24.3 Å². The number of nitrogens with one attached hydrogen (secondary N) is 1. The molecule has 0 saturated carbocycles. The number of quaternary nitrogens is 1. The molecule has 2 atom stereocenters. The molecule has 1 amide bonds. The van der Waals surface area contributed by atoms with E-state index in [2.05, 4.69) is 5.32 Å². The fraction of sp³-hybridized carbons (Fsp3) is 0.300. The third-order valence-corrected chi connectivity index (χ3v) is 4.22. The lowest BCUT2D eigenvalue weighted by Gasteiger charge is -2.17. The van der Waals surface area contributed by atoms with Crippen molar-refractivity contribution in [3.05, 3.63) is 71.3 Å². The van der Waals surface area contributed by atoms with Crippen LogP contribution >= 0.6 is 0 Å². The molecule has 26 heavy (non-hydrogen) atoms. The first-order valence-electron chi connectivity index (χ1n) is 8.49.